The number of hydrogen-bond acceptors (Lipinski definition) is 3. The molecule has 0 saturated carbocycles. The van der Waals surface area contributed by atoms with E-state index >= 15 is 0 Å². The molecule has 0 aliphatic carbocycles. The van der Waals surface area contributed by atoms with Gasteiger partial charge in [-0.3, -0.25) is 14.4 Å². The van der Waals surface area contributed by atoms with Crippen LogP contribution in [0.2, 0.25) is 0 Å². The highest BCUT2D eigenvalue weighted by Gasteiger charge is 2.13. The van der Waals surface area contributed by atoms with Crippen molar-refractivity contribution in [1.82, 2.24) is 0 Å². The molecule has 0 spiro atoms. The molecule has 0 saturated heterocycles. The van der Waals surface area contributed by atoms with Crippen LogP contribution < -0.4 is 5.32 Å². The quantitative estimate of drug-likeness (QED) is 0.686. The topological polar surface area (TPSA) is 83.5 Å². The molecule has 27 heavy (non-hydrogen) atoms. The third-order valence-electron chi connectivity index (χ3n) is 4.47. The lowest BCUT2D eigenvalue weighted by Crippen LogP contribution is -2.14. The maximum absolute atomic E-state index is 12.3. The van der Waals surface area contributed by atoms with Crippen LogP contribution in [0.15, 0.2) is 42.5 Å². The van der Waals surface area contributed by atoms with E-state index in [1.54, 1.807) is 31.2 Å². The number of ketones is 1. The highest BCUT2D eigenvalue weighted by molar-refractivity contribution is 6.01. The zero-order chi connectivity index (χ0) is 20.0. The van der Waals surface area contributed by atoms with Crippen molar-refractivity contribution >= 4 is 23.3 Å². The third kappa shape index (κ3) is 6.06. The molecule has 0 bridgehead atoms. The summed E-state index contributed by atoms with van der Waals surface area (Å²) in [7, 11) is 0. The number of carboxylic acid groups (broad SMARTS) is 1. The van der Waals surface area contributed by atoms with E-state index in [0.717, 1.165) is 16.7 Å². The first kappa shape index (κ1) is 20.4. The van der Waals surface area contributed by atoms with Crippen molar-refractivity contribution in [3.8, 4) is 0 Å². The molecule has 0 aromatic heterocycles. The predicted octanol–water partition coefficient (Wildman–Crippen LogP) is 4.17. The van der Waals surface area contributed by atoms with Gasteiger partial charge >= 0.3 is 5.97 Å². The van der Waals surface area contributed by atoms with Gasteiger partial charge in [0.15, 0.2) is 5.78 Å². The van der Waals surface area contributed by atoms with Crippen LogP contribution in [0.25, 0.3) is 0 Å². The molecule has 0 aliphatic heterocycles. The SMILES string of the molecule is Cc1ccc(C)c(C(=O)CCC(=O)Nc2ccc(CC(C)C(=O)O)cc2)c1. The van der Waals surface area contributed by atoms with E-state index in [9.17, 15) is 14.4 Å². The highest BCUT2D eigenvalue weighted by Crippen LogP contribution is 2.16. The molecule has 2 aromatic carbocycles. The van der Waals surface area contributed by atoms with E-state index < -0.39 is 11.9 Å². The number of rotatable bonds is 8. The van der Waals surface area contributed by atoms with Crippen molar-refractivity contribution in [3.05, 3.63) is 64.7 Å². The van der Waals surface area contributed by atoms with Gasteiger partial charge in [-0.1, -0.05) is 36.8 Å². The summed E-state index contributed by atoms with van der Waals surface area (Å²) < 4.78 is 0. The first-order valence-corrected chi connectivity index (χ1v) is 8.98. The Morgan fingerprint density at radius 3 is 2.30 bits per heavy atom. The Morgan fingerprint density at radius 1 is 1.00 bits per heavy atom. The number of Topliss-reactive ketones (excluding diaryl/α,β-unsaturated/α-hetero) is 1. The second-order valence-corrected chi connectivity index (χ2v) is 6.93. The maximum Gasteiger partial charge on any atom is 0.306 e. The van der Waals surface area contributed by atoms with Gasteiger partial charge in [0.25, 0.3) is 0 Å². The smallest absolute Gasteiger partial charge is 0.306 e. The maximum atomic E-state index is 12.3. The summed E-state index contributed by atoms with van der Waals surface area (Å²) in [5.41, 5.74) is 4.13. The van der Waals surface area contributed by atoms with Crippen LogP contribution in [-0.2, 0) is 16.0 Å². The number of aliphatic carboxylic acids is 1. The number of aryl methyl sites for hydroxylation is 2. The first-order chi connectivity index (χ1) is 12.8. The Hall–Kier alpha value is -2.95. The molecule has 0 radical (unpaired) electrons. The first-order valence-electron chi connectivity index (χ1n) is 8.98. The molecule has 1 amide bonds. The van der Waals surface area contributed by atoms with E-state index in [-0.39, 0.29) is 24.5 Å². The minimum atomic E-state index is -0.833. The van der Waals surface area contributed by atoms with Gasteiger partial charge in [0.2, 0.25) is 5.91 Å². The van der Waals surface area contributed by atoms with Crippen LogP contribution in [0, 0.1) is 19.8 Å². The Bertz CT molecular complexity index is 840. The zero-order valence-electron chi connectivity index (χ0n) is 15.9. The number of benzene rings is 2. The number of carboxylic acids is 1. The summed E-state index contributed by atoms with van der Waals surface area (Å²) in [4.78, 5) is 35.4. The van der Waals surface area contributed by atoms with E-state index in [2.05, 4.69) is 5.32 Å². The lowest BCUT2D eigenvalue weighted by atomic mass is 9.99. The fourth-order valence-electron chi connectivity index (χ4n) is 2.79. The molecule has 5 nitrogen and oxygen atoms in total. The molecule has 1 atom stereocenters. The Kier molecular flexibility index (Phi) is 6.88. The molecule has 0 fully saturated rings. The van der Waals surface area contributed by atoms with Crippen molar-refractivity contribution in [1.29, 1.82) is 0 Å². The van der Waals surface area contributed by atoms with Crippen molar-refractivity contribution < 1.29 is 19.5 Å². The Morgan fingerprint density at radius 2 is 1.67 bits per heavy atom. The second-order valence-electron chi connectivity index (χ2n) is 6.93. The van der Waals surface area contributed by atoms with Crippen molar-refractivity contribution in [2.75, 3.05) is 5.32 Å². The van der Waals surface area contributed by atoms with E-state index in [1.807, 2.05) is 32.0 Å². The second kappa shape index (κ2) is 9.12. The largest absolute Gasteiger partial charge is 0.481 e. The Balaban J connectivity index is 1.87. The highest BCUT2D eigenvalue weighted by atomic mass is 16.4. The summed E-state index contributed by atoms with van der Waals surface area (Å²) >= 11 is 0. The van der Waals surface area contributed by atoms with E-state index in [4.69, 9.17) is 5.11 Å². The summed E-state index contributed by atoms with van der Waals surface area (Å²) in [5, 5.41) is 11.7. The van der Waals surface area contributed by atoms with E-state index in [1.165, 1.54) is 0 Å². The molecular formula is C22H25NO4. The Labute approximate surface area is 159 Å². The number of nitrogens with one attached hydrogen (secondary N) is 1. The van der Waals surface area contributed by atoms with Gasteiger partial charge in [0, 0.05) is 24.1 Å². The summed E-state index contributed by atoms with van der Waals surface area (Å²) in [5.74, 6) is -1.55. The number of carbonyl (C=O) groups is 3. The summed E-state index contributed by atoms with van der Waals surface area (Å²) in [6, 6.07) is 12.8. The fraction of sp³-hybridized carbons (Fsp3) is 0.318. The lowest BCUT2D eigenvalue weighted by Gasteiger charge is -2.09. The van der Waals surface area contributed by atoms with E-state index in [0.29, 0.717) is 17.7 Å². The van der Waals surface area contributed by atoms with Gasteiger partial charge in [-0.25, -0.2) is 0 Å². The third-order valence-corrected chi connectivity index (χ3v) is 4.47. The number of amides is 1. The van der Waals surface area contributed by atoms with Gasteiger partial charge in [0.05, 0.1) is 5.92 Å². The van der Waals surface area contributed by atoms with Crippen molar-refractivity contribution in [3.63, 3.8) is 0 Å². The molecule has 1 unspecified atom stereocenters. The van der Waals surface area contributed by atoms with Gasteiger partial charge in [0.1, 0.15) is 0 Å². The molecule has 2 rings (SSSR count). The molecule has 0 heterocycles. The van der Waals surface area contributed by atoms with Crippen molar-refractivity contribution in [2.45, 2.75) is 40.0 Å². The normalized spacial score (nSPS) is 11.7. The predicted molar refractivity (Wildman–Crippen MR) is 105 cm³/mol. The lowest BCUT2D eigenvalue weighted by molar-refractivity contribution is -0.141. The minimum Gasteiger partial charge on any atom is -0.481 e. The van der Waals surface area contributed by atoms with Crippen LogP contribution in [0.5, 0.6) is 0 Å². The number of hydrogen-bond donors (Lipinski definition) is 2. The summed E-state index contributed by atoms with van der Waals surface area (Å²) in [6.07, 6.45) is 0.711. The average molecular weight is 367 g/mol. The summed E-state index contributed by atoms with van der Waals surface area (Å²) in [6.45, 7) is 5.48. The molecule has 0 aliphatic rings. The molecule has 2 aromatic rings. The molecule has 2 N–H and O–H groups in total. The fourth-order valence-corrected chi connectivity index (χ4v) is 2.79. The molecule has 142 valence electrons. The van der Waals surface area contributed by atoms with Gasteiger partial charge in [-0.15, -0.1) is 0 Å². The minimum absolute atomic E-state index is 0.0376. The monoisotopic (exact) mass is 367 g/mol. The standard InChI is InChI=1S/C22H25NO4/c1-14-4-5-15(2)19(12-14)20(24)10-11-21(25)23-18-8-6-17(7-9-18)13-16(3)22(26)27/h4-9,12,16H,10-11,13H2,1-3H3,(H,23,25)(H,26,27). The van der Waals surface area contributed by atoms with Crippen LogP contribution >= 0.6 is 0 Å². The van der Waals surface area contributed by atoms with Gasteiger partial charge in [-0.2, -0.15) is 0 Å². The van der Waals surface area contributed by atoms with Crippen LogP contribution in [0.3, 0.4) is 0 Å². The molecule has 5 heteroatoms. The number of anilines is 1. The van der Waals surface area contributed by atoms with Gasteiger partial charge < -0.3 is 10.4 Å². The average Bonchev–Trinajstić information content (AvgIpc) is 2.63. The zero-order valence-corrected chi connectivity index (χ0v) is 15.9. The van der Waals surface area contributed by atoms with Crippen molar-refractivity contribution in [2.24, 2.45) is 5.92 Å². The van der Waals surface area contributed by atoms with Crippen LogP contribution in [0.4, 0.5) is 5.69 Å². The van der Waals surface area contributed by atoms with Crippen LogP contribution in [-0.4, -0.2) is 22.8 Å². The van der Waals surface area contributed by atoms with Crippen LogP contribution in [0.1, 0.15) is 46.8 Å². The van der Waals surface area contributed by atoms with Gasteiger partial charge in [-0.05, 0) is 49.6 Å². The number of carbonyl (C=O) groups excluding carboxylic acids is 2. The molecular weight excluding hydrogens is 342 g/mol.